The molecule has 0 atom stereocenters. The topological polar surface area (TPSA) is 17.8 Å². The van der Waals surface area contributed by atoms with E-state index in [1.54, 1.807) is 0 Å². The van der Waals surface area contributed by atoms with E-state index in [1.165, 1.54) is 16.7 Å². The van der Waals surface area contributed by atoms with Gasteiger partial charge in [0.2, 0.25) is 0 Å². The largest absolute Gasteiger partial charge is 0.315 e. The molecule has 32 heavy (non-hydrogen) atoms. The Hall–Kier alpha value is -3.35. The molecule has 1 heterocycles. The smallest absolute Gasteiger partial charge is 0.130 e. The van der Waals surface area contributed by atoms with Crippen LogP contribution in [0.4, 0.5) is 0 Å². The third kappa shape index (κ3) is 4.19. The molecule has 160 valence electrons. The first-order chi connectivity index (χ1) is 15.4. The molecule has 0 spiro atoms. The number of nitrogens with zero attached hydrogens (tertiary/aromatic N) is 2. The van der Waals surface area contributed by atoms with Crippen LogP contribution in [-0.4, -0.2) is 17.6 Å². The molecule has 1 aromatic heterocycles. The summed E-state index contributed by atoms with van der Waals surface area (Å²) in [5, 5.41) is 0. The van der Waals surface area contributed by atoms with E-state index in [1.807, 2.05) is 0 Å². The second-order valence-corrected chi connectivity index (χ2v) is 13.8. The fourth-order valence-electron chi connectivity index (χ4n) is 4.23. The van der Waals surface area contributed by atoms with E-state index in [-0.39, 0.29) is 0 Å². The van der Waals surface area contributed by atoms with Crippen LogP contribution < -0.4 is 0 Å². The predicted octanol–water partition coefficient (Wildman–Crippen LogP) is 6.51. The summed E-state index contributed by atoms with van der Waals surface area (Å²) in [4.78, 5) is 4.99. The van der Waals surface area contributed by atoms with Gasteiger partial charge in [0.15, 0.2) is 0 Å². The SMILES string of the molecule is CCc1nc(C#C[Si](C)(C)C)cn1C(c1ccccc1)(c1ccccc1)c1ccccc1. The second-order valence-electron chi connectivity index (χ2n) is 9.07. The van der Waals surface area contributed by atoms with Crippen molar-refractivity contribution in [3.05, 3.63) is 125 Å². The number of aryl methyl sites for hydroxylation is 1. The fourth-order valence-corrected chi connectivity index (χ4v) is 4.73. The summed E-state index contributed by atoms with van der Waals surface area (Å²) in [5.74, 6) is 4.42. The van der Waals surface area contributed by atoms with Gasteiger partial charge in [-0.1, -0.05) is 123 Å². The highest BCUT2D eigenvalue weighted by Gasteiger charge is 2.39. The van der Waals surface area contributed by atoms with Gasteiger partial charge in [-0.15, -0.1) is 5.54 Å². The van der Waals surface area contributed by atoms with Gasteiger partial charge in [0, 0.05) is 12.6 Å². The van der Waals surface area contributed by atoms with E-state index in [9.17, 15) is 0 Å². The highest BCUT2D eigenvalue weighted by atomic mass is 28.3. The highest BCUT2D eigenvalue weighted by molar-refractivity contribution is 6.83. The number of hydrogen-bond donors (Lipinski definition) is 0. The van der Waals surface area contributed by atoms with Gasteiger partial charge in [0.25, 0.3) is 0 Å². The third-order valence-corrected chi connectivity index (χ3v) is 6.47. The Morgan fingerprint density at radius 2 is 1.19 bits per heavy atom. The molecule has 0 aliphatic rings. The lowest BCUT2D eigenvalue weighted by Gasteiger charge is -2.38. The summed E-state index contributed by atoms with van der Waals surface area (Å²) in [5.41, 5.74) is 7.40. The van der Waals surface area contributed by atoms with Crippen LogP contribution in [0.15, 0.2) is 97.2 Å². The van der Waals surface area contributed by atoms with Crippen LogP contribution in [0.1, 0.15) is 35.1 Å². The Bertz CT molecular complexity index is 1130. The molecule has 4 aromatic rings. The maximum Gasteiger partial charge on any atom is 0.130 e. The quantitative estimate of drug-likeness (QED) is 0.199. The van der Waals surface area contributed by atoms with Crippen LogP contribution >= 0.6 is 0 Å². The summed E-state index contributed by atoms with van der Waals surface area (Å²) >= 11 is 0. The van der Waals surface area contributed by atoms with Crippen molar-refractivity contribution < 1.29 is 0 Å². The van der Waals surface area contributed by atoms with Gasteiger partial charge < -0.3 is 4.57 Å². The maximum atomic E-state index is 4.99. The van der Waals surface area contributed by atoms with E-state index in [4.69, 9.17) is 4.98 Å². The van der Waals surface area contributed by atoms with Crippen molar-refractivity contribution in [2.75, 3.05) is 0 Å². The molecule has 0 saturated heterocycles. The first kappa shape index (κ1) is 21.9. The highest BCUT2D eigenvalue weighted by Crippen LogP contribution is 2.41. The summed E-state index contributed by atoms with van der Waals surface area (Å²) < 4.78 is 2.35. The first-order valence-electron chi connectivity index (χ1n) is 11.2. The van der Waals surface area contributed by atoms with Crippen LogP contribution in [0.25, 0.3) is 0 Å². The minimum absolute atomic E-state index is 0.540. The normalized spacial score (nSPS) is 11.6. The van der Waals surface area contributed by atoms with Gasteiger partial charge in [-0.2, -0.15) is 0 Å². The van der Waals surface area contributed by atoms with Crippen LogP contribution in [0.2, 0.25) is 19.6 Å². The van der Waals surface area contributed by atoms with Gasteiger partial charge in [-0.25, -0.2) is 4.98 Å². The third-order valence-electron chi connectivity index (χ3n) is 5.60. The zero-order chi connectivity index (χ0) is 22.6. The van der Waals surface area contributed by atoms with E-state index >= 15 is 0 Å². The van der Waals surface area contributed by atoms with E-state index in [0.29, 0.717) is 0 Å². The Morgan fingerprint density at radius 3 is 1.56 bits per heavy atom. The van der Waals surface area contributed by atoms with E-state index in [0.717, 1.165) is 17.9 Å². The van der Waals surface area contributed by atoms with Gasteiger partial charge in [-0.05, 0) is 16.7 Å². The lowest BCUT2D eigenvalue weighted by molar-refractivity contribution is 0.494. The molecule has 0 aliphatic heterocycles. The zero-order valence-electron chi connectivity index (χ0n) is 19.3. The van der Waals surface area contributed by atoms with Gasteiger partial charge in [0.1, 0.15) is 25.1 Å². The van der Waals surface area contributed by atoms with Gasteiger partial charge in [0.05, 0.1) is 0 Å². The van der Waals surface area contributed by atoms with Crippen LogP contribution in [0.3, 0.4) is 0 Å². The monoisotopic (exact) mass is 434 g/mol. The van der Waals surface area contributed by atoms with Crippen LogP contribution in [0, 0.1) is 11.5 Å². The average Bonchev–Trinajstić information content (AvgIpc) is 3.24. The molecule has 0 aliphatic carbocycles. The number of aromatic nitrogens is 2. The molecular weight excluding hydrogens is 404 g/mol. The summed E-state index contributed by atoms with van der Waals surface area (Å²) in [6.45, 7) is 8.96. The minimum Gasteiger partial charge on any atom is -0.315 e. The lowest BCUT2D eigenvalue weighted by Crippen LogP contribution is -2.38. The van der Waals surface area contributed by atoms with Crippen molar-refractivity contribution in [2.45, 2.75) is 38.5 Å². The molecule has 0 fully saturated rings. The van der Waals surface area contributed by atoms with Crippen LogP contribution in [-0.2, 0) is 12.0 Å². The Labute approximate surface area is 193 Å². The van der Waals surface area contributed by atoms with Crippen molar-refractivity contribution >= 4 is 8.07 Å². The molecule has 3 aromatic carbocycles. The number of rotatable bonds is 5. The van der Waals surface area contributed by atoms with Gasteiger partial charge in [-0.3, -0.25) is 0 Å². The molecular formula is C29H30N2Si. The van der Waals surface area contributed by atoms with Crippen molar-refractivity contribution in [1.29, 1.82) is 0 Å². The van der Waals surface area contributed by atoms with Crippen molar-refractivity contribution in [2.24, 2.45) is 0 Å². The van der Waals surface area contributed by atoms with Crippen molar-refractivity contribution in [3.63, 3.8) is 0 Å². The lowest BCUT2D eigenvalue weighted by atomic mass is 9.76. The van der Waals surface area contributed by atoms with Crippen LogP contribution in [0.5, 0.6) is 0 Å². The number of imidazole rings is 1. The standard InChI is InChI=1S/C29H30N2Si/c1-5-28-30-27(21-22-32(2,3)4)23-31(28)29(24-15-9-6-10-16-24,25-17-11-7-12-18-25)26-19-13-8-14-20-26/h6-20,23H,5H2,1-4H3. The summed E-state index contributed by atoms with van der Waals surface area (Å²) in [7, 11) is -1.51. The van der Waals surface area contributed by atoms with Crippen molar-refractivity contribution in [3.8, 4) is 11.5 Å². The Balaban J connectivity index is 2.09. The van der Waals surface area contributed by atoms with E-state index in [2.05, 4.69) is 140 Å². The number of hydrogen-bond acceptors (Lipinski definition) is 1. The second kappa shape index (κ2) is 9.02. The molecule has 4 rings (SSSR count). The first-order valence-corrected chi connectivity index (χ1v) is 14.7. The maximum absolute atomic E-state index is 4.99. The molecule has 0 N–H and O–H groups in total. The fraction of sp³-hybridized carbons (Fsp3) is 0.207. The molecule has 3 heteroatoms. The number of benzene rings is 3. The summed E-state index contributed by atoms with van der Waals surface area (Å²) in [6.07, 6.45) is 2.97. The predicted molar refractivity (Wildman–Crippen MR) is 136 cm³/mol. The Kier molecular flexibility index (Phi) is 6.16. The van der Waals surface area contributed by atoms with E-state index < -0.39 is 13.6 Å². The Morgan fingerprint density at radius 1 is 0.750 bits per heavy atom. The molecule has 0 bridgehead atoms. The minimum atomic E-state index is -1.51. The van der Waals surface area contributed by atoms with Gasteiger partial charge >= 0.3 is 0 Å². The summed E-state index contributed by atoms with van der Waals surface area (Å²) in [6, 6.07) is 32.2. The molecule has 0 unspecified atom stereocenters. The molecule has 0 radical (unpaired) electrons. The molecule has 0 saturated carbocycles. The zero-order valence-corrected chi connectivity index (χ0v) is 20.3. The van der Waals surface area contributed by atoms with Crippen molar-refractivity contribution in [1.82, 2.24) is 9.55 Å². The molecule has 2 nitrogen and oxygen atoms in total. The molecule has 0 amide bonds. The average molecular weight is 435 g/mol.